The van der Waals surface area contributed by atoms with E-state index in [9.17, 15) is 4.79 Å². The van der Waals surface area contributed by atoms with Gasteiger partial charge in [-0.25, -0.2) is 4.99 Å². The predicted molar refractivity (Wildman–Crippen MR) is 197 cm³/mol. The monoisotopic (exact) mass is 642 g/mol. The molecule has 7 rings (SSSR count). The number of rotatable bonds is 7. The van der Waals surface area contributed by atoms with Crippen molar-refractivity contribution in [2.45, 2.75) is 20.4 Å². The van der Waals surface area contributed by atoms with Crippen molar-refractivity contribution in [2.24, 2.45) is 22.8 Å². The van der Waals surface area contributed by atoms with E-state index in [1.807, 2.05) is 74.6 Å². The van der Waals surface area contributed by atoms with Gasteiger partial charge in [-0.1, -0.05) is 24.3 Å². The number of allylic oxidation sites excluding steroid dienone is 1. The van der Waals surface area contributed by atoms with Crippen LogP contribution in [0.3, 0.4) is 0 Å². The molecule has 1 fully saturated rings. The number of carbonyl (C=O) groups excluding carboxylic acids is 1. The smallest absolute Gasteiger partial charge is 0.259 e. The topological polar surface area (TPSA) is 124 Å². The van der Waals surface area contributed by atoms with Crippen molar-refractivity contribution in [3.63, 3.8) is 0 Å². The molecule has 0 unspecified atom stereocenters. The molecule has 5 aromatic rings. The van der Waals surface area contributed by atoms with Crippen molar-refractivity contribution < 1.29 is 4.79 Å². The number of hydrogen-bond donors (Lipinski definition) is 2. The number of nitrogens with two attached hydrogens (primary N) is 1. The number of amides is 1. The molecule has 0 bridgehead atoms. The lowest BCUT2D eigenvalue weighted by atomic mass is 10.00. The second kappa shape index (κ2) is 13.8. The summed E-state index contributed by atoms with van der Waals surface area (Å²) < 4.78 is 1.79. The van der Waals surface area contributed by atoms with Crippen LogP contribution in [0.15, 0.2) is 82.5 Å². The Morgan fingerprint density at radius 1 is 1.02 bits per heavy atom. The first-order valence-corrected chi connectivity index (χ1v) is 16.1. The predicted octanol–water partition coefficient (Wildman–Crippen LogP) is 5.59. The summed E-state index contributed by atoms with van der Waals surface area (Å²) in [6, 6.07) is 18.1. The molecule has 0 saturated carbocycles. The number of H-pyrrole nitrogens is 1. The molecule has 246 valence electrons. The van der Waals surface area contributed by atoms with Crippen molar-refractivity contribution in [3.8, 4) is 11.3 Å². The summed E-state index contributed by atoms with van der Waals surface area (Å²) in [6.07, 6.45) is 5.57. The third-order valence-corrected chi connectivity index (χ3v) is 9.12. The molecule has 48 heavy (non-hydrogen) atoms. The minimum atomic E-state index is -0.0256. The molecule has 2 aromatic carbocycles. The van der Waals surface area contributed by atoms with E-state index in [2.05, 4.69) is 67.6 Å². The zero-order valence-electron chi connectivity index (χ0n) is 28.2. The molecule has 0 spiro atoms. The Hall–Kier alpha value is -5.39. The van der Waals surface area contributed by atoms with Crippen LogP contribution in [0, 0.1) is 6.92 Å². The maximum Gasteiger partial charge on any atom is 0.259 e. The Bertz CT molecular complexity index is 2020. The van der Waals surface area contributed by atoms with E-state index in [0.717, 1.165) is 82.1 Å². The van der Waals surface area contributed by atoms with Gasteiger partial charge in [0.05, 0.1) is 29.1 Å². The van der Waals surface area contributed by atoms with Gasteiger partial charge in [0.1, 0.15) is 0 Å². The summed E-state index contributed by atoms with van der Waals surface area (Å²) in [7, 11) is 5.55. The summed E-state index contributed by atoms with van der Waals surface area (Å²) in [5.74, 6) is 0.610. The van der Waals surface area contributed by atoms with Crippen LogP contribution in [-0.2, 0) is 13.6 Å². The number of para-hydroxylation sites is 1. The van der Waals surface area contributed by atoms with Gasteiger partial charge >= 0.3 is 0 Å². The van der Waals surface area contributed by atoms with Gasteiger partial charge in [-0.15, -0.1) is 0 Å². The van der Waals surface area contributed by atoms with Crippen molar-refractivity contribution in [3.05, 3.63) is 94.9 Å². The Balaban J connectivity index is 0.00000197. The highest BCUT2D eigenvalue weighted by atomic mass is 16.2. The largest absolute Gasteiger partial charge is 0.369 e. The van der Waals surface area contributed by atoms with Crippen LogP contribution >= 0.6 is 0 Å². The highest BCUT2D eigenvalue weighted by Gasteiger charge is 2.32. The van der Waals surface area contributed by atoms with Gasteiger partial charge in [0.15, 0.2) is 5.82 Å². The zero-order valence-corrected chi connectivity index (χ0v) is 28.2. The Morgan fingerprint density at radius 2 is 1.77 bits per heavy atom. The maximum atomic E-state index is 13.9. The fraction of sp³-hybridized carbons (Fsp3) is 0.270. The number of aliphatic imine (C=N–C) groups is 2. The molecule has 5 heterocycles. The molecule has 0 aliphatic carbocycles. The molecule has 11 heteroatoms. The Morgan fingerprint density at radius 3 is 2.50 bits per heavy atom. The van der Waals surface area contributed by atoms with Crippen LogP contribution in [0.25, 0.3) is 27.9 Å². The average Bonchev–Trinajstić information content (AvgIpc) is 3.79. The minimum absolute atomic E-state index is 0.0256. The molecule has 2 aliphatic heterocycles. The van der Waals surface area contributed by atoms with Crippen LogP contribution in [0.5, 0.6) is 0 Å². The molecule has 3 aromatic heterocycles. The molecule has 1 saturated heterocycles. The second-order valence-electron chi connectivity index (χ2n) is 12.0. The van der Waals surface area contributed by atoms with Gasteiger partial charge < -0.3 is 25.4 Å². The van der Waals surface area contributed by atoms with Crippen LogP contribution in [0.2, 0.25) is 0 Å². The Kier molecular flexibility index (Phi) is 9.33. The van der Waals surface area contributed by atoms with E-state index < -0.39 is 0 Å². The molecular formula is C37H42N10O. The van der Waals surface area contributed by atoms with Crippen molar-refractivity contribution in [1.29, 1.82) is 0 Å². The van der Waals surface area contributed by atoms with Crippen molar-refractivity contribution in [2.75, 3.05) is 50.1 Å². The highest BCUT2D eigenvalue weighted by Crippen LogP contribution is 2.39. The third-order valence-electron chi connectivity index (χ3n) is 9.12. The number of anilines is 2. The lowest BCUT2D eigenvalue weighted by Gasteiger charge is -2.34. The van der Waals surface area contributed by atoms with Gasteiger partial charge in [-0.2, -0.15) is 5.10 Å². The SMILES string of the molecule is C=N/C(=C(/C)C=Nc1cc(C)n(C)n1)c1c[nH]c2c(N3Cc4c(cccc4-c4cc(N5CCN(C)CC5)ccn4)C3=O)cccc12.CN. The third kappa shape index (κ3) is 6.05. The van der Waals surface area contributed by atoms with E-state index in [1.165, 1.54) is 7.05 Å². The van der Waals surface area contributed by atoms with E-state index in [0.29, 0.717) is 23.6 Å². The summed E-state index contributed by atoms with van der Waals surface area (Å²) >= 11 is 0. The minimum Gasteiger partial charge on any atom is -0.369 e. The van der Waals surface area contributed by atoms with Gasteiger partial charge in [0.2, 0.25) is 0 Å². The van der Waals surface area contributed by atoms with Crippen LogP contribution in [0.1, 0.15) is 34.1 Å². The molecule has 1 amide bonds. The number of aryl methyl sites for hydroxylation is 2. The number of likely N-dealkylation sites (N-methyl/N-ethyl adjacent to an activating group) is 1. The number of fused-ring (bicyclic) bond motifs is 2. The number of aromatic nitrogens is 4. The number of nitrogens with one attached hydrogen (secondary N) is 1. The number of aromatic amines is 1. The van der Waals surface area contributed by atoms with E-state index in [4.69, 9.17) is 4.98 Å². The molecule has 3 N–H and O–H groups in total. The van der Waals surface area contributed by atoms with E-state index in [-0.39, 0.29) is 5.91 Å². The van der Waals surface area contributed by atoms with Gasteiger partial charge in [0, 0.05) is 91.4 Å². The average molecular weight is 643 g/mol. The van der Waals surface area contributed by atoms with Crippen molar-refractivity contribution in [1.82, 2.24) is 24.6 Å². The first-order chi connectivity index (χ1) is 23.3. The quantitative estimate of drug-likeness (QED) is 0.223. The van der Waals surface area contributed by atoms with Crippen LogP contribution < -0.4 is 15.5 Å². The summed E-state index contributed by atoms with van der Waals surface area (Å²) in [5, 5.41) is 5.36. The lowest BCUT2D eigenvalue weighted by molar-refractivity contribution is 0.0997. The van der Waals surface area contributed by atoms with Crippen molar-refractivity contribution >= 4 is 52.6 Å². The van der Waals surface area contributed by atoms with E-state index in [1.54, 1.807) is 10.9 Å². The molecular weight excluding hydrogens is 600 g/mol. The standard InChI is InChI=1S/C36H37N9O.CH5N/c1-23(20-39-33-18-24(2)43(5)41-33)34(37-3)29-21-40-35-27(29)9-7-11-32(35)45-22-30-26(8-6-10-28(30)36(45)46)31-19-25(12-13-38-31)44-16-14-42(4)15-17-44;1-2/h6-13,18-21,40H,3,14-17,22H2,1-2,4-5H3;2H2,1H3/b34-23-,39-20?;. The summed E-state index contributed by atoms with van der Waals surface area (Å²) in [6.45, 7) is 12.3. The molecule has 2 aliphatic rings. The number of hydrogen-bond acceptors (Lipinski definition) is 8. The fourth-order valence-electron chi connectivity index (χ4n) is 6.41. The molecule has 11 nitrogen and oxygen atoms in total. The summed E-state index contributed by atoms with van der Waals surface area (Å²) in [5.41, 5.74) is 14.4. The van der Waals surface area contributed by atoms with E-state index >= 15 is 0 Å². The Labute approximate surface area is 281 Å². The van der Waals surface area contributed by atoms with Gasteiger partial charge in [0.25, 0.3) is 5.91 Å². The number of benzene rings is 2. The van der Waals surface area contributed by atoms with Crippen LogP contribution in [-0.4, -0.2) is 83.8 Å². The lowest BCUT2D eigenvalue weighted by Crippen LogP contribution is -2.44. The first kappa shape index (κ1) is 32.5. The summed E-state index contributed by atoms with van der Waals surface area (Å²) in [4.78, 5) is 37.7. The first-order valence-electron chi connectivity index (χ1n) is 16.1. The number of carbonyl (C=O) groups is 1. The molecule has 0 radical (unpaired) electrons. The number of pyridine rings is 1. The number of nitrogens with zero attached hydrogens (tertiary/aromatic N) is 8. The second-order valence-corrected chi connectivity index (χ2v) is 12.0. The van der Waals surface area contributed by atoms with Crippen LogP contribution in [0.4, 0.5) is 17.2 Å². The van der Waals surface area contributed by atoms with Gasteiger partial charge in [-0.05, 0) is 70.1 Å². The zero-order chi connectivity index (χ0) is 33.9. The maximum absolute atomic E-state index is 13.9. The normalized spacial score (nSPS) is 15.5. The van der Waals surface area contributed by atoms with Gasteiger partial charge in [-0.3, -0.25) is 19.5 Å². The fourth-order valence-corrected chi connectivity index (χ4v) is 6.41. The molecule has 0 atom stereocenters. The highest BCUT2D eigenvalue weighted by molar-refractivity contribution is 6.15. The number of piperazine rings is 1.